The summed E-state index contributed by atoms with van der Waals surface area (Å²) in [6.45, 7) is 2.93. The summed E-state index contributed by atoms with van der Waals surface area (Å²) in [6.07, 6.45) is 1.02. The van der Waals surface area contributed by atoms with Gasteiger partial charge in [-0.2, -0.15) is 4.31 Å². The molecule has 144 valence electrons. The van der Waals surface area contributed by atoms with Crippen molar-refractivity contribution in [3.05, 3.63) is 53.6 Å². The van der Waals surface area contributed by atoms with Gasteiger partial charge in [-0.05, 0) is 29.7 Å². The van der Waals surface area contributed by atoms with Crippen LogP contribution in [0.1, 0.15) is 11.1 Å². The van der Waals surface area contributed by atoms with Gasteiger partial charge in [0.1, 0.15) is 0 Å². The Morgan fingerprint density at radius 1 is 0.963 bits per heavy atom. The molecule has 1 saturated heterocycles. The lowest BCUT2D eigenvalue weighted by Crippen LogP contribution is -2.61. The van der Waals surface area contributed by atoms with E-state index in [1.807, 2.05) is 0 Å². The molecule has 0 aliphatic carbocycles. The summed E-state index contributed by atoms with van der Waals surface area (Å²) in [5, 5.41) is 0. The van der Waals surface area contributed by atoms with Crippen LogP contribution in [0.4, 0.5) is 0 Å². The molecular formula is C20H24N2O4S. The van der Waals surface area contributed by atoms with Crippen molar-refractivity contribution in [1.82, 2.24) is 9.21 Å². The second kappa shape index (κ2) is 7.14. The highest BCUT2D eigenvalue weighted by atomic mass is 32.2. The molecule has 0 radical (unpaired) electrons. The van der Waals surface area contributed by atoms with Crippen molar-refractivity contribution < 1.29 is 17.9 Å². The smallest absolute Gasteiger partial charge is 0.243 e. The Hall–Kier alpha value is -2.09. The number of methoxy groups -OCH3 is 2. The van der Waals surface area contributed by atoms with Crippen LogP contribution >= 0.6 is 0 Å². The zero-order chi connectivity index (χ0) is 19.0. The number of nitrogens with zero attached hydrogens (tertiary/aromatic N) is 2. The first-order valence-corrected chi connectivity index (χ1v) is 10.5. The molecule has 0 unspecified atom stereocenters. The Labute approximate surface area is 160 Å². The third-order valence-electron chi connectivity index (χ3n) is 5.50. The van der Waals surface area contributed by atoms with Crippen molar-refractivity contribution >= 4 is 10.0 Å². The van der Waals surface area contributed by atoms with Gasteiger partial charge in [-0.25, -0.2) is 8.42 Å². The standard InChI is InChI=1S/C20H24N2O4S/c1-25-19-8-7-18(11-20(19)26-2)27(23,24)22-13-17(14-22)21-10-9-15-5-3-4-6-16(15)12-21/h3-8,11,17H,9-10,12-14H2,1-2H3. The molecule has 0 amide bonds. The van der Waals surface area contributed by atoms with Crippen molar-refractivity contribution in [3.8, 4) is 11.5 Å². The summed E-state index contributed by atoms with van der Waals surface area (Å²) in [6, 6.07) is 13.5. The van der Waals surface area contributed by atoms with E-state index in [-0.39, 0.29) is 10.9 Å². The molecule has 0 N–H and O–H groups in total. The number of hydrogen-bond acceptors (Lipinski definition) is 5. The second-order valence-corrected chi connectivity index (χ2v) is 8.92. The molecule has 0 spiro atoms. The number of benzene rings is 2. The van der Waals surface area contributed by atoms with Crippen LogP contribution in [0.3, 0.4) is 0 Å². The quantitative estimate of drug-likeness (QED) is 0.785. The van der Waals surface area contributed by atoms with Crippen molar-refractivity contribution in [2.75, 3.05) is 33.9 Å². The van der Waals surface area contributed by atoms with Gasteiger partial charge < -0.3 is 9.47 Å². The number of fused-ring (bicyclic) bond motifs is 1. The van der Waals surface area contributed by atoms with Crippen LogP contribution < -0.4 is 9.47 Å². The zero-order valence-electron chi connectivity index (χ0n) is 15.6. The highest BCUT2D eigenvalue weighted by molar-refractivity contribution is 7.89. The predicted octanol–water partition coefficient (Wildman–Crippen LogP) is 2.13. The Bertz CT molecular complexity index is 939. The van der Waals surface area contributed by atoms with Crippen LogP contribution in [-0.2, 0) is 23.0 Å². The summed E-state index contributed by atoms with van der Waals surface area (Å²) in [5.74, 6) is 0.938. The van der Waals surface area contributed by atoms with E-state index >= 15 is 0 Å². The fourth-order valence-electron chi connectivity index (χ4n) is 3.80. The van der Waals surface area contributed by atoms with Gasteiger partial charge in [0.2, 0.25) is 10.0 Å². The first kappa shape index (κ1) is 18.3. The SMILES string of the molecule is COc1ccc(S(=O)(=O)N2CC(N3CCc4ccccc4C3)C2)cc1OC. The lowest BCUT2D eigenvalue weighted by Gasteiger charge is -2.46. The zero-order valence-corrected chi connectivity index (χ0v) is 16.4. The van der Waals surface area contributed by atoms with Crippen LogP contribution in [0.5, 0.6) is 11.5 Å². The highest BCUT2D eigenvalue weighted by Crippen LogP contribution is 2.33. The maximum absolute atomic E-state index is 12.9. The van der Waals surface area contributed by atoms with Gasteiger partial charge in [0.25, 0.3) is 0 Å². The highest BCUT2D eigenvalue weighted by Gasteiger charge is 2.40. The molecule has 2 heterocycles. The normalized spacial score (nSPS) is 18.6. The molecule has 0 aromatic heterocycles. The molecule has 2 aromatic rings. The van der Waals surface area contributed by atoms with E-state index in [4.69, 9.17) is 9.47 Å². The Morgan fingerprint density at radius 3 is 2.37 bits per heavy atom. The summed E-state index contributed by atoms with van der Waals surface area (Å²) in [5.41, 5.74) is 2.76. The molecular weight excluding hydrogens is 364 g/mol. The minimum atomic E-state index is -3.52. The van der Waals surface area contributed by atoms with E-state index in [9.17, 15) is 8.42 Å². The van der Waals surface area contributed by atoms with Gasteiger partial charge in [0, 0.05) is 38.3 Å². The molecule has 0 bridgehead atoms. The van der Waals surface area contributed by atoms with Crippen LogP contribution in [0.25, 0.3) is 0 Å². The molecule has 2 aromatic carbocycles. The molecule has 6 nitrogen and oxygen atoms in total. The van der Waals surface area contributed by atoms with Crippen molar-refractivity contribution in [2.24, 2.45) is 0 Å². The molecule has 2 aliphatic heterocycles. The van der Waals surface area contributed by atoms with E-state index in [0.29, 0.717) is 24.6 Å². The average Bonchev–Trinajstić information content (AvgIpc) is 2.66. The summed E-state index contributed by atoms with van der Waals surface area (Å²) in [7, 11) is -0.488. The van der Waals surface area contributed by atoms with E-state index in [2.05, 4.69) is 29.2 Å². The predicted molar refractivity (Wildman–Crippen MR) is 103 cm³/mol. The average molecular weight is 388 g/mol. The molecule has 27 heavy (non-hydrogen) atoms. The maximum Gasteiger partial charge on any atom is 0.243 e. The molecule has 2 aliphatic rings. The van der Waals surface area contributed by atoms with E-state index < -0.39 is 10.0 Å². The van der Waals surface area contributed by atoms with Gasteiger partial charge in [-0.3, -0.25) is 4.90 Å². The summed E-state index contributed by atoms with van der Waals surface area (Å²) >= 11 is 0. The minimum Gasteiger partial charge on any atom is -0.493 e. The third kappa shape index (κ3) is 3.31. The topological polar surface area (TPSA) is 59.1 Å². The van der Waals surface area contributed by atoms with E-state index in [1.54, 1.807) is 16.4 Å². The van der Waals surface area contributed by atoms with Crippen LogP contribution in [0, 0.1) is 0 Å². The number of hydrogen-bond donors (Lipinski definition) is 0. The van der Waals surface area contributed by atoms with Crippen molar-refractivity contribution in [2.45, 2.75) is 23.9 Å². The lowest BCUT2D eigenvalue weighted by molar-refractivity contribution is 0.0769. The number of sulfonamides is 1. The maximum atomic E-state index is 12.9. The molecule has 1 fully saturated rings. The van der Waals surface area contributed by atoms with E-state index in [0.717, 1.165) is 19.5 Å². The summed E-state index contributed by atoms with van der Waals surface area (Å²) < 4.78 is 37.8. The van der Waals surface area contributed by atoms with Crippen molar-refractivity contribution in [3.63, 3.8) is 0 Å². The Kier molecular flexibility index (Phi) is 4.84. The van der Waals surface area contributed by atoms with Crippen LogP contribution in [0.15, 0.2) is 47.4 Å². The molecule has 4 rings (SSSR count). The fraction of sp³-hybridized carbons (Fsp3) is 0.400. The van der Waals surface area contributed by atoms with E-state index in [1.165, 1.54) is 31.4 Å². The number of rotatable bonds is 5. The summed E-state index contributed by atoms with van der Waals surface area (Å²) in [4.78, 5) is 2.63. The third-order valence-corrected chi connectivity index (χ3v) is 7.33. The lowest BCUT2D eigenvalue weighted by atomic mass is 9.97. The Morgan fingerprint density at radius 2 is 1.67 bits per heavy atom. The largest absolute Gasteiger partial charge is 0.493 e. The van der Waals surface area contributed by atoms with Gasteiger partial charge in [0.05, 0.1) is 19.1 Å². The number of ether oxygens (including phenoxy) is 2. The monoisotopic (exact) mass is 388 g/mol. The first-order chi connectivity index (χ1) is 13.0. The van der Waals surface area contributed by atoms with Gasteiger partial charge >= 0.3 is 0 Å². The van der Waals surface area contributed by atoms with Crippen LogP contribution in [0.2, 0.25) is 0 Å². The van der Waals surface area contributed by atoms with Crippen molar-refractivity contribution in [1.29, 1.82) is 0 Å². The van der Waals surface area contributed by atoms with Gasteiger partial charge in [-0.1, -0.05) is 24.3 Å². The molecule has 7 heteroatoms. The fourth-order valence-corrected chi connectivity index (χ4v) is 5.33. The minimum absolute atomic E-state index is 0.239. The molecule has 0 atom stereocenters. The molecule has 0 saturated carbocycles. The second-order valence-electron chi connectivity index (χ2n) is 6.98. The van der Waals surface area contributed by atoms with Crippen LogP contribution in [-0.4, -0.2) is 57.5 Å². The van der Waals surface area contributed by atoms with Gasteiger partial charge in [0.15, 0.2) is 11.5 Å². The first-order valence-electron chi connectivity index (χ1n) is 9.06. The van der Waals surface area contributed by atoms with Gasteiger partial charge in [-0.15, -0.1) is 0 Å². The Balaban J connectivity index is 1.45.